The molecule has 2 unspecified atom stereocenters. The van der Waals surface area contributed by atoms with E-state index in [2.05, 4.69) is 5.32 Å². The van der Waals surface area contributed by atoms with Gasteiger partial charge in [-0.1, -0.05) is 19.1 Å². The number of hydrogen-bond acceptors (Lipinski definition) is 3. The van der Waals surface area contributed by atoms with Gasteiger partial charge in [0, 0.05) is 5.92 Å². The Morgan fingerprint density at radius 3 is 2.17 bits per heavy atom. The SMILES string of the molecule is CCC(Cc1ccc(C(F)(F)F)cc1)C(=O)NCC(C)(O)C(=O)O. The lowest BCUT2D eigenvalue weighted by atomic mass is 9.95. The van der Waals surface area contributed by atoms with E-state index in [0.29, 0.717) is 12.0 Å². The summed E-state index contributed by atoms with van der Waals surface area (Å²) in [6.07, 6.45) is -3.78. The number of hydrogen-bond donors (Lipinski definition) is 3. The molecule has 0 aliphatic carbocycles. The minimum atomic E-state index is -4.41. The molecule has 0 saturated carbocycles. The Bertz CT molecular complexity index is 582. The quantitative estimate of drug-likeness (QED) is 0.706. The van der Waals surface area contributed by atoms with Gasteiger partial charge in [0.05, 0.1) is 12.1 Å². The molecule has 2 atom stereocenters. The predicted octanol–water partition coefficient (Wildman–Crippen LogP) is 2.23. The summed E-state index contributed by atoms with van der Waals surface area (Å²) >= 11 is 0. The van der Waals surface area contributed by atoms with E-state index >= 15 is 0 Å². The number of carboxylic acid groups (broad SMARTS) is 1. The van der Waals surface area contributed by atoms with E-state index < -0.39 is 41.7 Å². The van der Waals surface area contributed by atoms with Gasteiger partial charge in [0.15, 0.2) is 5.60 Å². The van der Waals surface area contributed by atoms with Gasteiger partial charge in [0.2, 0.25) is 5.91 Å². The molecule has 1 aromatic rings. The molecule has 0 aromatic heterocycles. The van der Waals surface area contributed by atoms with E-state index in [1.165, 1.54) is 12.1 Å². The van der Waals surface area contributed by atoms with Crippen LogP contribution in [-0.4, -0.2) is 34.2 Å². The summed E-state index contributed by atoms with van der Waals surface area (Å²) in [5.41, 5.74) is -2.28. The Labute approximate surface area is 137 Å². The number of nitrogens with one attached hydrogen (secondary N) is 1. The molecular weight excluding hydrogens is 327 g/mol. The van der Waals surface area contributed by atoms with E-state index in [1.54, 1.807) is 6.92 Å². The smallest absolute Gasteiger partial charge is 0.416 e. The number of benzene rings is 1. The minimum Gasteiger partial charge on any atom is -0.479 e. The molecule has 134 valence electrons. The fourth-order valence-electron chi connectivity index (χ4n) is 2.02. The fraction of sp³-hybridized carbons (Fsp3) is 0.500. The van der Waals surface area contributed by atoms with Crippen molar-refractivity contribution in [2.24, 2.45) is 5.92 Å². The van der Waals surface area contributed by atoms with Crippen LogP contribution in [0.2, 0.25) is 0 Å². The largest absolute Gasteiger partial charge is 0.479 e. The van der Waals surface area contributed by atoms with E-state index in [0.717, 1.165) is 19.1 Å². The monoisotopic (exact) mass is 347 g/mol. The van der Waals surface area contributed by atoms with Crippen molar-refractivity contribution >= 4 is 11.9 Å². The molecule has 0 aliphatic heterocycles. The molecule has 3 N–H and O–H groups in total. The highest BCUT2D eigenvalue weighted by atomic mass is 19.4. The van der Waals surface area contributed by atoms with Crippen molar-refractivity contribution in [3.8, 4) is 0 Å². The van der Waals surface area contributed by atoms with Crippen LogP contribution >= 0.6 is 0 Å². The summed E-state index contributed by atoms with van der Waals surface area (Å²) in [5.74, 6) is -2.45. The molecule has 0 aliphatic rings. The van der Waals surface area contributed by atoms with Crippen molar-refractivity contribution < 1.29 is 33.0 Å². The zero-order valence-electron chi connectivity index (χ0n) is 13.4. The van der Waals surface area contributed by atoms with E-state index in [-0.39, 0.29) is 6.42 Å². The molecule has 0 fully saturated rings. The van der Waals surface area contributed by atoms with Crippen molar-refractivity contribution in [1.29, 1.82) is 0 Å². The Hall–Kier alpha value is -2.09. The van der Waals surface area contributed by atoms with Gasteiger partial charge in [-0.15, -0.1) is 0 Å². The highest BCUT2D eigenvalue weighted by molar-refractivity contribution is 5.81. The molecule has 0 spiro atoms. The average molecular weight is 347 g/mol. The molecule has 1 aromatic carbocycles. The Morgan fingerprint density at radius 1 is 1.21 bits per heavy atom. The number of aliphatic carboxylic acids is 1. The topological polar surface area (TPSA) is 86.6 Å². The number of amides is 1. The molecule has 0 heterocycles. The third-order valence-electron chi connectivity index (χ3n) is 3.69. The van der Waals surface area contributed by atoms with Crippen LogP contribution < -0.4 is 5.32 Å². The Kier molecular flexibility index (Phi) is 6.36. The highest BCUT2D eigenvalue weighted by Gasteiger charge is 2.32. The molecule has 8 heteroatoms. The van der Waals surface area contributed by atoms with Crippen LogP contribution in [-0.2, 0) is 22.2 Å². The molecule has 1 amide bonds. The van der Waals surface area contributed by atoms with E-state index in [4.69, 9.17) is 5.11 Å². The third kappa shape index (κ3) is 5.52. The molecule has 1 rings (SSSR count). The second kappa shape index (κ2) is 7.65. The molecule has 24 heavy (non-hydrogen) atoms. The standard InChI is InChI=1S/C16H20F3NO4/c1-3-11(13(21)20-9-15(2,24)14(22)23)8-10-4-6-12(7-5-10)16(17,18)19/h4-7,11,24H,3,8-9H2,1-2H3,(H,20,21)(H,22,23). The fourth-order valence-corrected chi connectivity index (χ4v) is 2.02. The number of halogens is 3. The number of aliphatic hydroxyl groups is 1. The Balaban J connectivity index is 2.70. The maximum atomic E-state index is 12.5. The molecule has 0 bridgehead atoms. The van der Waals surface area contributed by atoms with Crippen LogP contribution in [0.25, 0.3) is 0 Å². The highest BCUT2D eigenvalue weighted by Crippen LogP contribution is 2.29. The van der Waals surface area contributed by atoms with Gasteiger partial charge in [0.25, 0.3) is 0 Å². The van der Waals surface area contributed by atoms with Gasteiger partial charge >= 0.3 is 12.1 Å². The summed E-state index contributed by atoms with van der Waals surface area (Å²) in [7, 11) is 0. The van der Waals surface area contributed by atoms with Crippen LogP contribution in [0.4, 0.5) is 13.2 Å². The lowest BCUT2D eigenvalue weighted by Gasteiger charge is -2.21. The summed E-state index contributed by atoms with van der Waals surface area (Å²) in [5, 5.41) is 20.7. The van der Waals surface area contributed by atoms with Crippen LogP contribution in [0.15, 0.2) is 24.3 Å². The minimum absolute atomic E-state index is 0.218. The van der Waals surface area contributed by atoms with Crippen molar-refractivity contribution in [2.75, 3.05) is 6.54 Å². The summed E-state index contributed by atoms with van der Waals surface area (Å²) < 4.78 is 37.6. The second-order valence-electron chi connectivity index (χ2n) is 5.80. The summed E-state index contributed by atoms with van der Waals surface area (Å²) in [4.78, 5) is 22.9. The number of alkyl halides is 3. The first-order valence-electron chi connectivity index (χ1n) is 7.37. The number of carbonyl (C=O) groups is 2. The first-order chi connectivity index (χ1) is 11.0. The molecule has 0 saturated heterocycles. The zero-order chi connectivity index (χ0) is 18.5. The first kappa shape index (κ1) is 20.0. The van der Waals surface area contributed by atoms with E-state index in [9.17, 15) is 27.9 Å². The third-order valence-corrected chi connectivity index (χ3v) is 3.69. The van der Waals surface area contributed by atoms with Gasteiger partial charge in [-0.3, -0.25) is 4.79 Å². The van der Waals surface area contributed by atoms with Crippen LogP contribution in [0, 0.1) is 5.92 Å². The average Bonchev–Trinajstić information content (AvgIpc) is 2.49. The molecule has 0 radical (unpaired) electrons. The summed E-state index contributed by atoms with van der Waals surface area (Å²) in [6.45, 7) is 2.35. The predicted molar refractivity (Wildman–Crippen MR) is 80.2 cm³/mol. The van der Waals surface area contributed by atoms with Gasteiger partial charge in [0.1, 0.15) is 0 Å². The maximum absolute atomic E-state index is 12.5. The lowest BCUT2D eigenvalue weighted by molar-refractivity contribution is -0.156. The van der Waals surface area contributed by atoms with Gasteiger partial charge < -0.3 is 15.5 Å². The van der Waals surface area contributed by atoms with Crippen molar-refractivity contribution in [3.05, 3.63) is 35.4 Å². The van der Waals surface area contributed by atoms with Gasteiger partial charge in [-0.05, 0) is 37.5 Å². The first-order valence-corrected chi connectivity index (χ1v) is 7.37. The number of rotatable bonds is 7. The van der Waals surface area contributed by atoms with Gasteiger partial charge in [-0.25, -0.2) is 4.79 Å². The maximum Gasteiger partial charge on any atom is 0.416 e. The lowest BCUT2D eigenvalue weighted by Crippen LogP contribution is -2.48. The van der Waals surface area contributed by atoms with Gasteiger partial charge in [-0.2, -0.15) is 13.2 Å². The van der Waals surface area contributed by atoms with Crippen LogP contribution in [0.5, 0.6) is 0 Å². The second-order valence-corrected chi connectivity index (χ2v) is 5.80. The summed E-state index contributed by atoms with van der Waals surface area (Å²) in [6, 6.07) is 4.53. The van der Waals surface area contributed by atoms with Crippen molar-refractivity contribution in [1.82, 2.24) is 5.32 Å². The molecule has 5 nitrogen and oxygen atoms in total. The number of carbonyl (C=O) groups excluding carboxylic acids is 1. The van der Waals surface area contributed by atoms with Crippen LogP contribution in [0.3, 0.4) is 0 Å². The number of carboxylic acids is 1. The van der Waals surface area contributed by atoms with Crippen molar-refractivity contribution in [3.63, 3.8) is 0 Å². The zero-order valence-corrected chi connectivity index (χ0v) is 13.4. The van der Waals surface area contributed by atoms with Crippen molar-refractivity contribution in [2.45, 2.75) is 38.5 Å². The van der Waals surface area contributed by atoms with Crippen LogP contribution in [0.1, 0.15) is 31.4 Å². The van der Waals surface area contributed by atoms with E-state index in [1.807, 2.05) is 0 Å². The normalized spacial score (nSPS) is 15.4. The Morgan fingerprint density at radius 2 is 1.75 bits per heavy atom. The molecular formula is C16H20F3NO4.